The van der Waals surface area contributed by atoms with E-state index in [0.29, 0.717) is 11.3 Å². The van der Waals surface area contributed by atoms with Gasteiger partial charge < -0.3 is 10.3 Å². The van der Waals surface area contributed by atoms with Gasteiger partial charge in [-0.2, -0.15) is 8.42 Å². The number of rotatable bonds is 2. The minimum atomic E-state index is -3.78. The lowest BCUT2D eigenvalue weighted by atomic mass is 10.3. The molecule has 1 aromatic heterocycles. The van der Waals surface area contributed by atoms with E-state index >= 15 is 0 Å². The number of nitrogens with two attached hydrogens (primary N) is 1. The van der Waals surface area contributed by atoms with Crippen LogP contribution in [0.5, 0.6) is 0 Å². The van der Waals surface area contributed by atoms with Gasteiger partial charge in [0.1, 0.15) is 0 Å². The molecular formula is C11H13N3O3S. The average molecular weight is 267 g/mol. The molecule has 0 unspecified atom stereocenters. The van der Waals surface area contributed by atoms with Gasteiger partial charge in [-0.1, -0.05) is 0 Å². The van der Waals surface area contributed by atoms with Crippen LogP contribution in [0.15, 0.2) is 38.1 Å². The monoisotopic (exact) mass is 267 g/mol. The first-order valence-corrected chi connectivity index (χ1v) is 6.65. The number of anilines is 1. The zero-order valence-corrected chi connectivity index (χ0v) is 10.8. The molecule has 0 atom stereocenters. The molecule has 0 bridgehead atoms. The lowest BCUT2D eigenvalue weighted by Gasteiger charge is -1.97. The highest BCUT2D eigenvalue weighted by Gasteiger charge is 2.13. The standard InChI is InChI=1S/C11H13N3O3S/c1-7-8(2)13-17-11(7)14-18(15,16)10-5-3-9(12)4-6-10/h3-6,13H,12H2,1-2H3/b14-11-. The van der Waals surface area contributed by atoms with Crippen LogP contribution in [0, 0.1) is 13.8 Å². The van der Waals surface area contributed by atoms with Gasteiger partial charge in [-0.25, -0.2) is 5.16 Å². The molecule has 0 aliphatic rings. The number of aryl methyl sites for hydroxylation is 1. The highest BCUT2D eigenvalue weighted by Crippen LogP contribution is 2.13. The molecule has 96 valence electrons. The minimum Gasteiger partial charge on any atom is -0.399 e. The highest BCUT2D eigenvalue weighted by atomic mass is 32.2. The molecule has 7 heteroatoms. The maximum atomic E-state index is 12.0. The van der Waals surface area contributed by atoms with E-state index in [9.17, 15) is 8.42 Å². The van der Waals surface area contributed by atoms with Crippen LogP contribution >= 0.6 is 0 Å². The third-order valence-electron chi connectivity index (χ3n) is 2.57. The zero-order valence-electron chi connectivity index (χ0n) is 9.97. The maximum absolute atomic E-state index is 12.0. The van der Waals surface area contributed by atoms with E-state index in [4.69, 9.17) is 10.3 Å². The Morgan fingerprint density at radius 2 is 1.83 bits per heavy atom. The topological polar surface area (TPSA) is 101 Å². The fraction of sp³-hybridized carbons (Fsp3) is 0.182. The molecule has 0 saturated heterocycles. The van der Waals surface area contributed by atoms with Crippen LogP contribution < -0.4 is 11.3 Å². The van der Waals surface area contributed by atoms with Gasteiger partial charge in [0.15, 0.2) is 0 Å². The van der Waals surface area contributed by atoms with E-state index < -0.39 is 10.0 Å². The molecule has 0 fully saturated rings. The van der Waals surface area contributed by atoms with Crippen LogP contribution in [-0.4, -0.2) is 13.6 Å². The summed E-state index contributed by atoms with van der Waals surface area (Å²) in [6.45, 7) is 3.50. The molecule has 0 aliphatic heterocycles. The minimum absolute atomic E-state index is 0.0596. The van der Waals surface area contributed by atoms with Gasteiger partial charge >= 0.3 is 0 Å². The summed E-state index contributed by atoms with van der Waals surface area (Å²) in [4.78, 5) is 0.0742. The van der Waals surface area contributed by atoms with Crippen LogP contribution in [0.2, 0.25) is 0 Å². The van der Waals surface area contributed by atoms with Gasteiger partial charge in [-0.3, -0.25) is 0 Å². The summed E-state index contributed by atoms with van der Waals surface area (Å²) in [7, 11) is -3.78. The van der Waals surface area contributed by atoms with Gasteiger partial charge in [-0.05, 0) is 38.1 Å². The molecule has 6 nitrogen and oxygen atoms in total. The molecule has 2 rings (SSSR count). The SMILES string of the molecule is Cc1[nH]o/c(=N\S(=O)(=O)c2ccc(N)cc2)c1C. The first-order valence-electron chi connectivity index (χ1n) is 5.21. The zero-order chi connectivity index (χ0) is 13.3. The van der Waals surface area contributed by atoms with Crippen LogP contribution in [0.1, 0.15) is 11.3 Å². The van der Waals surface area contributed by atoms with E-state index in [1.165, 1.54) is 24.3 Å². The van der Waals surface area contributed by atoms with Crippen molar-refractivity contribution in [1.29, 1.82) is 0 Å². The second kappa shape index (κ2) is 4.34. The number of hydrogen-bond donors (Lipinski definition) is 2. The van der Waals surface area contributed by atoms with Crippen molar-refractivity contribution in [3.8, 4) is 0 Å². The van der Waals surface area contributed by atoms with E-state index in [1.54, 1.807) is 13.8 Å². The van der Waals surface area contributed by atoms with Crippen molar-refractivity contribution in [1.82, 2.24) is 5.16 Å². The third-order valence-corrected chi connectivity index (χ3v) is 3.84. The van der Waals surface area contributed by atoms with Gasteiger partial charge in [-0.15, -0.1) is 4.40 Å². The maximum Gasteiger partial charge on any atom is 0.285 e. The van der Waals surface area contributed by atoms with E-state index in [-0.39, 0.29) is 10.4 Å². The second-order valence-electron chi connectivity index (χ2n) is 3.89. The molecule has 0 radical (unpaired) electrons. The number of H-pyrrole nitrogens is 1. The Kier molecular flexibility index (Phi) is 3.00. The number of nitrogens with zero attached hydrogens (tertiary/aromatic N) is 1. The van der Waals surface area contributed by atoms with Crippen molar-refractivity contribution < 1.29 is 12.9 Å². The van der Waals surface area contributed by atoms with Gasteiger partial charge in [0.25, 0.3) is 15.6 Å². The largest absolute Gasteiger partial charge is 0.399 e. The number of benzene rings is 1. The van der Waals surface area contributed by atoms with E-state index in [1.807, 2.05) is 0 Å². The average Bonchev–Trinajstić information content (AvgIpc) is 2.61. The Labute approximate surface area is 104 Å². The summed E-state index contributed by atoms with van der Waals surface area (Å²) in [5.74, 6) is 0. The number of sulfonamides is 1. The molecule has 2 aromatic rings. The van der Waals surface area contributed by atoms with Crippen molar-refractivity contribution in [3.63, 3.8) is 0 Å². The Morgan fingerprint density at radius 3 is 2.33 bits per heavy atom. The summed E-state index contributed by atoms with van der Waals surface area (Å²) in [5.41, 5.74) is 7.45. The lowest BCUT2D eigenvalue weighted by Crippen LogP contribution is -2.08. The Balaban J connectivity index is 2.54. The summed E-state index contributed by atoms with van der Waals surface area (Å²) < 4.78 is 32.6. The lowest BCUT2D eigenvalue weighted by molar-refractivity contribution is 0.379. The normalized spacial score (nSPS) is 12.9. The van der Waals surface area contributed by atoms with Gasteiger partial charge in [0, 0.05) is 11.3 Å². The van der Waals surface area contributed by atoms with Crippen molar-refractivity contribution >= 4 is 15.7 Å². The molecule has 1 aromatic carbocycles. The molecule has 0 aliphatic carbocycles. The predicted molar refractivity (Wildman–Crippen MR) is 66.1 cm³/mol. The quantitative estimate of drug-likeness (QED) is 0.795. The summed E-state index contributed by atoms with van der Waals surface area (Å²) in [5, 5.41) is 2.57. The Morgan fingerprint density at radius 1 is 1.22 bits per heavy atom. The third kappa shape index (κ3) is 2.30. The summed E-state index contributed by atoms with van der Waals surface area (Å²) in [6.07, 6.45) is 0. The van der Waals surface area contributed by atoms with Gasteiger partial charge in [0.2, 0.25) is 0 Å². The van der Waals surface area contributed by atoms with Crippen molar-refractivity contribution in [2.75, 3.05) is 5.73 Å². The van der Waals surface area contributed by atoms with Gasteiger partial charge in [0.05, 0.1) is 10.6 Å². The highest BCUT2D eigenvalue weighted by molar-refractivity contribution is 7.90. The van der Waals surface area contributed by atoms with Crippen molar-refractivity contribution in [3.05, 3.63) is 41.1 Å². The van der Waals surface area contributed by atoms with E-state index in [0.717, 1.165) is 5.69 Å². The number of aromatic nitrogens is 1. The Bertz CT molecular complexity index is 724. The number of nitrogens with one attached hydrogen (secondary N) is 1. The molecular weight excluding hydrogens is 254 g/mol. The number of nitrogen functional groups attached to an aromatic ring is 1. The molecule has 0 amide bonds. The fourth-order valence-corrected chi connectivity index (χ4v) is 2.31. The molecule has 18 heavy (non-hydrogen) atoms. The summed E-state index contributed by atoms with van der Waals surface area (Å²) >= 11 is 0. The number of hydrogen-bond acceptors (Lipinski definition) is 4. The second-order valence-corrected chi connectivity index (χ2v) is 5.50. The Hall–Kier alpha value is -2.02. The summed E-state index contributed by atoms with van der Waals surface area (Å²) in [6, 6.07) is 5.83. The van der Waals surface area contributed by atoms with Crippen LogP contribution in [0.25, 0.3) is 0 Å². The van der Waals surface area contributed by atoms with Crippen molar-refractivity contribution in [2.45, 2.75) is 18.7 Å². The van der Waals surface area contributed by atoms with E-state index in [2.05, 4.69) is 9.55 Å². The first-order chi connectivity index (χ1) is 8.40. The van der Waals surface area contributed by atoms with Crippen LogP contribution in [0.3, 0.4) is 0 Å². The van der Waals surface area contributed by atoms with Crippen LogP contribution in [0.4, 0.5) is 5.69 Å². The van der Waals surface area contributed by atoms with Crippen molar-refractivity contribution in [2.24, 2.45) is 4.40 Å². The predicted octanol–water partition coefficient (Wildman–Crippen LogP) is 1.10. The molecule has 3 N–H and O–H groups in total. The fourth-order valence-electron chi connectivity index (χ4n) is 1.33. The van der Waals surface area contributed by atoms with Crippen LogP contribution in [-0.2, 0) is 10.0 Å². The first kappa shape index (κ1) is 12.4. The molecule has 0 saturated carbocycles. The molecule has 0 spiro atoms. The smallest absolute Gasteiger partial charge is 0.285 e. The molecule has 1 heterocycles. The number of aromatic amines is 1.